The molecule has 0 N–H and O–H groups in total. The minimum Gasteiger partial charge on any atom is -0.338 e. The Labute approximate surface area is 134 Å². The summed E-state index contributed by atoms with van der Waals surface area (Å²) < 4.78 is 43.3. The number of carbonyl (C=O) groups excluding carboxylic acids is 1. The molecule has 0 bridgehead atoms. The highest BCUT2D eigenvalue weighted by molar-refractivity contribution is 5.95. The van der Waals surface area contributed by atoms with Gasteiger partial charge in [0, 0.05) is 26.3 Å². The highest BCUT2D eigenvalue weighted by atomic mass is 19.4. The van der Waals surface area contributed by atoms with Gasteiger partial charge in [-0.25, -0.2) is 0 Å². The van der Waals surface area contributed by atoms with E-state index < -0.39 is 18.4 Å². The summed E-state index contributed by atoms with van der Waals surface area (Å²) >= 11 is 0. The van der Waals surface area contributed by atoms with E-state index in [1.165, 1.54) is 0 Å². The second-order valence-electron chi connectivity index (χ2n) is 5.52. The minimum absolute atomic E-state index is 0.0666. The molecule has 130 valence electrons. The molecule has 1 aliphatic heterocycles. The molecular weight excluding hydrogens is 329 g/mol. The van der Waals surface area contributed by atoms with Crippen LogP contribution in [0.3, 0.4) is 0 Å². The zero-order valence-corrected chi connectivity index (χ0v) is 12.8. The summed E-state index contributed by atoms with van der Waals surface area (Å²) in [7, 11) is 1.76. The number of alkyl halides is 3. The third-order valence-electron chi connectivity index (χ3n) is 3.53. The van der Waals surface area contributed by atoms with Crippen LogP contribution in [0, 0.1) is 0 Å². The third-order valence-corrected chi connectivity index (χ3v) is 3.53. The molecule has 1 fully saturated rings. The van der Waals surface area contributed by atoms with Crippen LogP contribution in [0.15, 0.2) is 16.9 Å². The van der Waals surface area contributed by atoms with E-state index >= 15 is 0 Å². The monoisotopic (exact) mass is 344 g/mol. The second-order valence-corrected chi connectivity index (χ2v) is 5.52. The molecule has 0 atom stereocenters. The Morgan fingerprint density at radius 3 is 2.75 bits per heavy atom. The van der Waals surface area contributed by atoms with Crippen LogP contribution in [0.4, 0.5) is 18.9 Å². The van der Waals surface area contributed by atoms with E-state index in [1.54, 1.807) is 33.9 Å². The number of aromatic nitrogens is 4. The van der Waals surface area contributed by atoms with E-state index in [2.05, 4.69) is 15.2 Å². The van der Waals surface area contributed by atoms with E-state index in [-0.39, 0.29) is 24.9 Å². The van der Waals surface area contributed by atoms with Crippen molar-refractivity contribution in [1.29, 1.82) is 0 Å². The van der Waals surface area contributed by atoms with Gasteiger partial charge in [0.1, 0.15) is 6.42 Å². The van der Waals surface area contributed by atoms with Gasteiger partial charge in [-0.1, -0.05) is 5.16 Å². The fraction of sp³-hybridized carbons (Fsp3) is 0.538. The predicted molar refractivity (Wildman–Crippen MR) is 74.9 cm³/mol. The van der Waals surface area contributed by atoms with Gasteiger partial charge in [0.2, 0.25) is 11.8 Å². The summed E-state index contributed by atoms with van der Waals surface area (Å²) in [5.41, 5.74) is 0.715. The van der Waals surface area contributed by atoms with Crippen molar-refractivity contribution >= 4 is 11.6 Å². The fourth-order valence-corrected chi connectivity index (χ4v) is 2.47. The van der Waals surface area contributed by atoms with Crippen LogP contribution in [0.1, 0.15) is 11.7 Å². The number of hydrogen-bond acceptors (Lipinski definition) is 6. The van der Waals surface area contributed by atoms with Crippen molar-refractivity contribution in [2.24, 2.45) is 7.05 Å². The van der Waals surface area contributed by atoms with Crippen LogP contribution in [-0.2, 0) is 24.8 Å². The fourth-order valence-electron chi connectivity index (χ4n) is 2.47. The molecule has 1 aliphatic rings. The third kappa shape index (κ3) is 3.91. The van der Waals surface area contributed by atoms with E-state index in [0.717, 1.165) is 0 Å². The van der Waals surface area contributed by atoms with E-state index in [9.17, 15) is 18.0 Å². The van der Waals surface area contributed by atoms with E-state index in [0.29, 0.717) is 18.8 Å². The van der Waals surface area contributed by atoms with Crippen LogP contribution in [-0.4, -0.2) is 56.5 Å². The Bertz CT molecular complexity index is 725. The number of halogens is 3. The smallest absolute Gasteiger partial charge is 0.338 e. The Balaban J connectivity index is 1.57. The number of anilines is 1. The standard InChI is InChI=1S/C13H15F3N6O2/c1-20-6-9(5-17-20)22-3-2-21(8-12(22)23)7-11-18-10(19-24-11)4-13(14,15)16/h5-6H,2-4,7-8H2,1H3. The maximum atomic E-state index is 12.3. The molecular formula is C13H15F3N6O2. The molecule has 0 aromatic carbocycles. The zero-order valence-electron chi connectivity index (χ0n) is 12.8. The summed E-state index contributed by atoms with van der Waals surface area (Å²) in [6.45, 7) is 1.25. The van der Waals surface area contributed by atoms with Gasteiger partial charge in [-0.2, -0.15) is 23.3 Å². The molecule has 8 nitrogen and oxygen atoms in total. The van der Waals surface area contributed by atoms with Gasteiger partial charge in [0.05, 0.1) is 25.0 Å². The maximum absolute atomic E-state index is 12.3. The van der Waals surface area contributed by atoms with Gasteiger partial charge in [-0.05, 0) is 0 Å². The van der Waals surface area contributed by atoms with Crippen LogP contribution in [0.2, 0.25) is 0 Å². The summed E-state index contributed by atoms with van der Waals surface area (Å²) in [6, 6.07) is 0. The second kappa shape index (κ2) is 6.23. The van der Waals surface area contributed by atoms with Gasteiger partial charge < -0.3 is 9.42 Å². The van der Waals surface area contributed by atoms with Crippen molar-refractivity contribution in [3.8, 4) is 0 Å². The Kier molecular flexibility index (Phi) is 4.26. The van der Waals surface area contributed by atoms with Crippen LogP contribution in [0.25, 0.3) is 0 Å². The molecule has 24 heavy (non-hydrogen) atoms. The predicted octanol–water partition coefficient (Wildman–Crippen LogP) is 0.757. The zero-order chi connectivity index (χ0) is 17.3. The lowest BCUT2D eigenvalue weighted by Gasteiger charge is -2.32. The van der Waals surface area contributed by atoms with Gasteiger partial charge in [0.15, 0.2) is 5.82 Å². The Morgan fingerprint density at radius 1 is 1.33 bits per heavy atom. The number of rotatable bonds is 4. The topological polar surface area (TPSA) is 80.3 Å². The molecule has 0 spiro atoms. The van der Waals surface area contributed by atoms with Crippen molar-refractivity contribution in [2.75, 3.05) is 24.5 Å². The van der Waals surface area contributed by atoms with Crippen molar-refractivity contribution < 1.29 is 22.5 Å². The SMILES string of the molecule is Cn1cc(N2CCN(Cc3nc(CC(F)(F)F)no3)CC2=O)cn1. The molecule has 1 saturated heterocycles. The molecule has 0 aliphatic carbocycles. The van der Waals surface area contributed by atoms with Crippen molar-refractivity contribution in [3.63, 3.8) is 0 Å². The summed E-state index contributed by atoms with van der Waals surface area (Å²) in [6.07, 6.45) is -2.26. The Hall–Kier alpha value is -2.43. The lowest BCUT2D eigenvalue weighted by Crippen LogP contribution is -2.50. The van der Waals surface area contributed by atoms with Crippen molar-refractivity contribution in [2.45, 2.75) is 19.1 Å². The highest BCUT2D eigenvalue weighted by Crippen LogP contribution is 2.20. The van der Waals surface area contributed by atoms with Crippen molar-refractivity contribution in [1.82, 2.24) is 24.8 Å². The molecule has 11 heteroatoms. The molecule has 2 aromatic heterocycles. The minimum atomic E-state index is -4.38. The molecule has 1 amide bonds. The van der Waals surface area contributed by atoms with Crippen molar-refractivity contribution in [3.05, 3.63) is 24.1 Å². The molecule has 3 heterocycles. The number of hydrogen-bond donors (Lipinski definition) is 0. The first kappa shape index (κ1) is 16.4. The number of aryl methyl sites for hydroxylation is 1. The summed E-state index contributed by atoms with van der Waals surface area (Å²) in [5, 5.41) is 7.34. The first-order chi connectivity index (χ1) is 11.3. The lowest BCUT2D eigenvalue weighted by atomic mass is 10.3. The van der Waals surface area contributed by atoms with Gasteiger partial charge in [0.25, 0.3) is 0 Å². The summed E-state index contributed by atoms with van der Waals surface area (Å²) in [5.74, 6) is -0.459. The lowest BCUT2D eigenvalue weighted by molar-refractivity contribution is -0.128. The van der Waals surface area contributed by atoms with Crippen LogP contribution in [0.5, 0.6) is 0 Å². The molecule has 0 unspecified atom stereocenters. The first-order valence-corrected chi connectivity index (χ1v) is 7.20. The molecule has 3 rings (SSSR count). The number of piperazine rings is 1. The van der Waals surface area contributed by atoms with Gasteiger partial charge in [-0.15, -0.1) is 0 Å². The number of amides is 1. The van der Waals surface area contributed by atoms with Gasteiger partial charge in [-0.3, -0.25) is 14.4 Å². The van der Waals surface area contributed by atoms with E-state index in [4.69, 9.17) is 4.52 Å². The first-order valence-electron chi connectivity index (χ1n) is 7.20. The average molecular weight is 344 g/mol. The maximum Gasteiger partial charge on any atom is 0.396 e. The van der Waals surface area contributed by atoms with Crippen LogP contribution < -0.4 is 4.90 Å². The van der Waals surface area contributed by atoms with Crippen LogP contribution >= 0.6 is 0 Å². The number of carbonyl (C=O) groups is 1. The molecule has 0 saturated carbocycles. The quantitative estimate of drug-likeness (QED) is 0.815. The van der Waals surface area contributed by atoms with E-state index in [1.807, 2.05) is 0 Å². The average Bonchev–Trinajstić information content (AvgIpc) is 3.07. The molecule has 0 radical (unpaired) electrons. The normalized spacial score (nSPS) is 16.8. The van der Waals surface area contributed by atoms with Gasteiger partial charge >= 0.3 is 6.18 Å². The highest BCUT2D eigenvalue weighted by Gasteiger charge is 2.31. The summed E-state index contributed by atoms with van der Waals surface area (Å²) in [4.78, 5) is 19.3. The largest absolute Gasteiger partial charge is 0.396 e. The molecule has 2 aromatic rings. The Morgan fingerprint density at radius 2 is 2.12 bits per heavy atom. The number of nitrogens with zero attached hydrogens (tertiary/aromatic N) is 6.